The quantitative estimate of drug-likeness (QED) is 0.897. The average molecular weight is 303 g/mol. The lowest BCUT2D eigenvalue weighted by atomic mass is 9.98. The van der Waals surface area contributed by atoms with Gasteiger partial charge in [0.25, 0.3) is 0 Å². The van der Waals surface area contributed by atoms with Gasteiger partial charge >= 0.3 is 6.03 Å². The number of rotatable bonds is 4. The molecule has 0 bridgehead atoms. The average Bonchev–Trinajstić information content (AvgIpc) is 2.54. The van der Waals surface area contributed by atoms with Crippen LogP contribution in [0.5, 0.6) is 0 Å². The fourth-order valence-electron chi connectivity index (χ4n) is 3.09. The molecule has 2 rings (SSSR count). The van der Waals surface area contributed by atoms with E-state index >= 15 is 0 Å². The Hall–Kier alpha value is -2.04. The van der Waals surface area contributed by atoms with E-state index < -0.39 is 0 Å². The maximum atomic E-state index is 12.5. The van der Waals surface area contributed by atoms with Gasteiger partial charge in [-0.2, -0.15) is 0 Å². The highest BCUT2D eigenvalue weighted by molar-refractivity contribution is 5.91. The number of urea groups is 1. The first-order valence-corrected chi connectivity index (χ1v) is 8.02. The first-order chi connectivity index (χ1) is 10.6. The number of primary amides is 1. The zero-order chi connectivity index (χ0) is 16.1. The van der Waals surface area contributed by atoms with Crippen LogP contribution < -0.4 is 11.1 Å². The molecule has 0 aromatic heterocycles. The molecule has 0 saturated carbocycles. The molecule has 22 heavy (non-hydrogen) atoms. The molecule has 1 saturated heterocycles. The Balaban J connectivity index is 2.10. The van der Waals surface area contributed by atoms with E-state index in [0.29, 0.717) is 13.1 Å². The minimum atomic E-state index is -0.320. The monoisotopic (exact) mass is 303 g/mol. The van der Waals surface area contributed by atoms with E-state index in [9.17, 15) is 9.59 Å². The van der Waals surface area contributed by atoms with Gasteiger partial charge in [-0.1, -0.05) is 26.0 Å². The molecular weight excluding hydrogens is 278 g/mol. The van der Waals surface area contributed by atoms with Crippen molar-refractivity contribution in [1.82, 2.24) is 4.90 Å². The highest BCUT2D eigenvalue weighted by Crippen LogP contribution is 2.23. The van der Waals surface area contributed by atoms with Crippen molar-refractivity contribution < 1.29 is 9.59 Å². The first-order valence-electron chi connectivity index (χ1n) is 8.02. The second-order valence-electron chi connectivity index (χ2n) is 5.77. The topological polar surface area (TPSA) is 75.4 Å². The van der Waals surface area contributed by atoms with E-state index in [1.807, 2.05) is 12.1 Å². The smallest absolute Gasteiger partial charge is 0.321 e. The Bertz CT molecular complexity index is 557. The van der Waals surface area contributed by atoms with Crippen LogP contribution in [0.1, 0.15) is 37.8 Å². The number of nitrogens with one attached hydrogen (secondary N) is 1. The zero-order valence-electron chi connectivity index (χ0n) is 13.4. The Morgan fingerprint density at radius 3 is 2.73 bits per heavy atom. The van der Waals surface area contributed by atoms with Crippen LogP contribution in [0.3, 0.4) is 0 Å². The number of carbonyl (C=O) groups is 2. The summed E-state index contributed by atoms with van der Waals surface area (Å²) in [6, 6.07) is 5.86. The van der Waals surface area contributed by atoms with Gasteiger partial charge in [0.2, 0.25) is 5.91 Å². The SMILES string of the molecule is CCc1cccc(NC(=O)N2CCCC(C(N)=O)C2)c1CC. The third-order valence-electron chi connectivity index (χ3n) is 4.36. The van der Waals surface area contributed by atoms with Gasteiger partial charge in [-0.15, -0.1) is 0 Å². The van der Waals surface area contributed by atoms with Crippen LogP contribution in [-0.4, -0.2) is 29.9 Å². The normalized spacial score (nSPS) is 18.1. The van der Waals surface area contributed by atoms with E-state index in [4.69, 9.17) is 5.73 Å². The molecule has 1 aromatic carbocycles. The molecule has 1 aliphatic heterocycles. The van der Waals surface area contributed by atoms with E-state index in [2.05, 4.69) is 25.2 Å². The van der Waals surface area contributed by atoms with Crippen LogP contribution in [0.2, 0.25) is 0 Å². The van der Waals surface area contributed by atoms with Crippen LogP contribution in [0, 0.1) is 5.92 Å². The second kappa shape index (κ2) is 7.29. The van der Waals surface area contributed by atoms with Gasteiger partial charge in [0.05, 0.1) is 5.92 Å². The molecule has 0 spiro atoms. The summed E-state index contributed by atoms with van der Waals surface area (Å²) in [7, 11) is 0. The van der Waals surface area contributed by atoms with Crippen molar-refractivity contribution in [2.45, 2.75) is 39.5 Å². The Labute approximate surface area is 131 Å². The molecule has 5 heteroatoms. The van der Waals surface area contributed by atoms with E-state index in [0.717, 1.165) is 31.4 Å². The van der Waals surface area contributed by atoms with Crippen LogP contribution in [0.4, 0.5) is 10.5 Å². The summed E-state index contributed by atoms with van der Waals surface area (Å²) in [6.45, 7) is 5.29. The summed E-state index contributed by atoms with van der Waals surface area (Å²) in [5.41, 5.74) is 8.68. The maximum absolute atomic E-state index is 12.5. The molecule has 1 heterocycles. The van der Waals surface area contributed by atoms with Crippen molar-refractivity contribution in [3.05, 3.63) is 29.3 Å². The third-order valence-corrected chi connectivity index (χ3v) is 4.36. The Kier molecular flexibility index (Phi) is 5.41. The van der Waals surface area contributed by atoms with Gasteiger partial charge in [0.1, 0.15) is 0 Å². The summed E-state index contributed by atoms with van der Waals surface area (Å²) >= 11 is 0. The lowest BCUT2D eigenvalue weighted by Gasteiger charge is -2.31. The molecule has 0 radical (unpaired) electrons. The van der Waals surface area contributed by atoms with E-state index in [-0.39, 0.29) is 17.9 Å². The summed E-state index contributed by atoms with van der Waals surface area (Å²) in [4.78, 5) is 25.5. The van der Waals surface area contributed by atoms with Crippen molar-refractivity contribution in [3.63, 3.8) is 0 Å². The van der Waals surface area contributed by atoms with E-state index in [1.165, 1.54) is 11.1 Å². The number of aryl methyl sites for hydroxylation is 1. The number of likely N-dealkylation sites (tertiary alicyclic amines) is 1. The predicted octanol–water partition coefficient (Wildman–Crippen LogP) is 2.54. The highest BCUT2D eigenvalue weighted by Gasteiger charge is 2.27. The standard InChI is InChI=1S/C17H25N3O2/c1-3-12-7-5-9-15(14(12)4-2)19-17(22)20-10-6-8-13(11-20)16(18)21/h5,7,9,13H,3-4,6,8,10-11H2,1-2H3,(H2,18,21)(H,19,22). The number of hydrogen-bond acceptors (Lipinski definition) is 2. The zero-order valence-corrected chi connectivity index (χ0v) is 13.4. The Morgan fingerprint density at radius 2 is 2.09 bits per heavy atom. The van der Waals surface area contributed by atoms with Gasteiger partial charge in [-0.3, -0.25) is 4.79 Å². The summed E-state index contributed by atoms with van der Waals surface area (Å²) in [5, 5.41) is 3.00. The predicted molar refractivity (Wildman–Crippen MR) is 87.7 cm³/mol. The van der Waals surface area contributed by atoms with Crippen LogP contribution >= 0.6 is 0 Å². The van der Waals surface area contributed by atoms with Crippen LogP contribution in [0.25, 0.3) is 0 Å². The minimum absolute atomic E-state index is 0.145. The van der Waals surface area contributed by atoms with Crippen molar-refractivity contribution in [2.24, 2.45) is 11.7 Å². The highest BCUT2D eigenvalue weighted by atomic mass is 16.2. The molecule has 120 valence electrons. The Morgan fingerprint density at radius 1 is 1.32 bits per heavy atom. The second-order valence-corrected chi connectivity index (χ2v) is 5.77. The molecule has 1 atom stereocenters. The third kappa shape index (κ3) is 3.59. The number of nitrogens with two attached hydrogens (primary N) is 1. The summed E-state index contributed by atoms with van der Waals surface area (Å²) in [5.74, 6) is -0.549. The summed E-state index contributed by atoms with van der Waals surface area (Å²) < 4.78 is 0. The van der Waals surface area contributed by atoms with Gasteiger partial charge in [-0.05, 0) is 42.9 Å². The molecule has 3 N–H and O–H groups in total. The van der Waals surface area contributed by atoms with E-state index in [1.54, 1.807) is 4.90 Å². The molecule has 1 fully saturated rings. The van der Waals surface area contributed by atoms with Gasteiger partial charge < -0.3 is 16.0 Å². The molecule has 1 unspecified atom stereocenters. The molecule has 3 amide bonds. The molecule has 1 aliphatic rings. The number of anilines is 1. The minimum Gasteiger partial charge on any atom is -0.369 e. The van der Waals surface area contributed by atoms with Crippen molar-refractivity contribution in [3.8, 4) is 0 Å². The molecular formula is C17H25N3O2. The summed E-state index contributed by atoms with van der Waals surface area (Å²) in [6.07, 6.45) is 3.41. The number of nitrogens with zero attached hydrogens (tertiary/aromatic N) is 1. The van der Waals surface area contributed by atoms with Gasteiger partial charge in [0, 0.05) is 18.8 Å². The lowest BCUT2D eigenvalue weighted by molar-refractivity contribution is -0.123. The fraction of sp³-hybridized carbons (Fsp3) is 0.529. The number of benzene rings is 1. The van der Waals surface area contributed by atoms with Crippen molar-refractivity contribution in [1.29, 1.82) is 0 Å². The van der Waals surface area contributed by atoms with Crippen LogP contribution in [0.15, 0.2) is 18.2 Å². The number of amides is 3. The molecule has 1 aromatic rings. The number of hydrogen-bond donors (Lipinski definition) is 2. The van der Waals surface area contributed by atoms with Crippen LogP contribution in [-0.2, 0) is 17.6 Å². The number of carbonyl (C=O) groups excluding carboxylic acids is 2. The number of piperidine rings is 1. The van der Waals surface area contributed by atoms with Gasteiger partial charge in [-0.25, -0.2) is 4.79 Å². The largest absolute Gasteiger partial charge is 0.369 e. The van der Waals surface area contributed by atoms with Gasteiger partial charge in [0.15, 0.2) is 0 Å². The fourth-order valence-corrected chi connectivity index (χ4v) is 3.09. The van der Waals surface area contributed by atoms with Crippen molar-refractivity contribution in [2.75, 3.05) is 18.4 Å². The van der Waals surface area contributed by atoms with Crippen molar-refractivity contribution >= 4 is 17.6 Å². The first kappa shape index (κ1) is 16.3. The lowest BCUT2D eigenvalue weighted by Crippen LogP contribution is -2.45. The maximum Gasteiger partial charge on any atom is 0.321 e. The molecule has 5 nitrogen and oxygen atoms in total. The molecule has 0 aliphatic carbocycles.